The van der Waals surface area contributed by atoms with Crippen molar-refractivity contribution in [3.63, 3.8) is 0 Å². The number of ether oxygens (including phenoxy) is 1. The lowest BCUT2D eigenvalue weighted by atomic mass is 10.1. The summed E-state index contributed by atoms with van der Waals surface area (Å²) < 4.78 is 5.42. The molecule has 2 rings (SSSR count). The Hall–Kier alpha value is -1.13. The Bertz CT molecular complexity index is 578. The molecule has 1 aliphatic heterocycles. The second kappa shape index (κ2) is 9.18. The van der Waals surface area contributed by atoms with Crippen molar-refractivity contribution in [1.82, 2.24) is 5.01 Å². The molecule has 1 saturated heterocycles. The van der Waals surface area contributed by atoms with Gasteiger partial charge >= 0.3 is 0 Å². The highest BCUT2D eigenvalue weighted by Crippen LogP contribution is 2.39. The second-order valence-corrected chi connectivity index (χ2v) is 15.0. The zero-order valence-electron chi connectivity index (χ0n) is 17.7. The maximum absolute atomic E-state index is 5.42. The van der Waals surface area contributed by atoms with Crippen molar-refractivity contribution in [3.05, 3.63) is 35.9 Å². The van der Waals surface area contributed by atoms with E-state index in [0.29, 0.717) is 11.1 Å². The van der Waals surface area contributed by atoms with Gasteiger partial charge in [-0.25, -0.2) is 0 Å². The van der Waals surface area contributed by atoms with Gasteiger partial charge in [0.2, 0.25) is 0 Å². The van der Waals surface area contributed by atoms with E-state index in [2.05, 4.69) is 69.2 Å². The van der Waals surface area contributed by atoms with Crippen molar-refractivity contribution in [2.24, 2.45) is 5.10 Å². The molecule has 0 unspecified atom stereocenters. The smallest absolute Gasteiger partial charge is 0.0704 e. The Morgan fingerprint density at radius 3 is 2.54 bits per heavy atom. The van der Waals surface area contributed by atoms with E-state index >= 15 is 0 Å². The third kappa shape index (κ3) is 5.95. The average Bonchev–Trinajstić information content (AvgIpc) is 3.00. The maximum Gasteiger partial charge on any atom is 0.0704 e. The van der Waals surface area contributed by atoms with Crippen LogP contribution in [0.5, 0.6) is 0 Å². The highest BCUT2D eigenvalue weighted by Gasteiger charge is 2.36. The van der Waals surface area contributed by atoms with Gasteiger partial charge in [-0.2, -0.15) is 5.10 Å². The van der Waals surface area contributed by atoms with Gasteiger partial charge in [-0.3, -0.25) is 5.01 Å². The van der Waals surface area contributed by atoms with Crippen LogP contribution in [0.15, 0.2) is 35.4 Å². The fourth-order valence-electron chi connectivity index (χ4n) is 3.38. The van der Waals surface area contributed by atoms with E-state index < -0.39 is 8.07 Å². The molecule has 0 aromatic heterocycles. The van der Waals surface area contributed by atoms with Crippen LogP contribution in [0.3, 0.4) is 0 Å². The maximum atomic E-state index is 5.42. The summed E-state index contributed by atoms with van der Waals surface area (Å²) in [6.45, 7) is 14.1. The first-order valence-electron chi connectivity index (χ1n) is 10.1. The van der Waals surface area contributed by atoms with E-state index in [1.807, 2.05) is 0 Å². The summed E-state index contributed by atoms with van der Waals surface area (Å²) in [5, 5.41) is 7.90. The van der Waals surface area contributed by atoms with Gasteiger partial charge in [0.15, 0.2) is 0 Å². The molecule has 4 heteroatoms. The van der Waals surface area contributed by atoms with E-state index in [9.17, 15) is 0 Å². The molecule has 0 amide bonds. The summed E-state index contributed by atoms with van der Waals surface area (Å²) in [7, 11) is 0.390. The Kier molecular flexibility index (Phi) is 7.48. The van der Waals surface area contributed by atoms with Crippen LogP contribution in [-0.4, -0.2) is 45.1 Å². The average molecular weight is 375 g/mol. The molecule has 1 heterocycles. The summed E-state index contributed by atoms with van der Waals surface area (Å²) in [5.41, 5.74) is 2.80. The van der Waals surface area contributed by atoms with Gasteiger partial charge in [-0.15, -0.1) is 0 Å². The number of rotatable bonds is 8. The van der Waals surface area contributed by atoms with Gasteiger partial charge in [0, 0.05) is 19.4 Å². The molecule has 146 valence electrons. The molecule has 26 heavy (non-hydrogen) atoms. The fraction of sp³-hybridized carbons (Fsp3) is 0.682. The molecule has 0 aliphatic carbocycles. The van der Waals surface area contributed by atoms with E-state index in [-0.39, 0.29) is 0 Å². The minimum Gasteiger partial charge on any atom is -0.382 e. The minimum atomic E-state index is -1.41. The van der Waals surface area contributed by atoms with Crippen molar-refractivity contribution in [1.29, 1.82) is 0 Å². The van der Waals surface area contributed by atoms with E-state index in [4.69, 9.17) is 9.84 Å². The molecular weight excluding hydrogens is 336 g/mol. The molecule has 1 aromatic rings. The number of hydrogen-bond donors (Lipinski definition) is 0. The quantitative estimate of drug-likeness (QED) is 0.437. The molecule has 0 spiro atoms. The number of methoxy groups -OCH3 is 1. The summed E-state index contributed by atoms with van der Waals surface area (Å²) in [5.74, 6) is 0. The summed E-state index contributed by atoms with van der Waals surface area (Å²) >= 11 is 0. The van der Waals surface area contributed by atoms with Crippen LogP contribution >= 0.6 is 0 Å². The summed E-state index contributed by atoms with van der Waals surface area (Å²) in [6, 6.07) is 12.4. The molecule has 0 saturated carbocycles. The standard InChI is InChI=1S/C22H38N2OSi/c1-22(2,3)26(5,6)18-20(15-14-19-11-8-7-9-12-19)23-24-16-10-13-21(24)17-25-4/h7-9,11-12,21H,10,13-18H2,1-6H3/t21-/m0/s1. The molecule has 0 N–H and O–H groups in total. The summed E-state index contributed by atoms with van der Waals surface area (Å²) in [6.07, 6.45) is 4.57. The van der Waals surface area contributed by atoms with Crippen molar-refractivity contribution >= 4 is 13.8 Å². The Labute approximate surface area is 161 Å². The van der Waals surface area contributed by atoms with Crippen LogP contribution in [-0.2, 0) is 11.2 Å². The zero-order chi connectivity index (χ0) is 19.2. The number of hydrazone groups is 1. The molecule has 0 radical (unpaired) electrons. The third-order valence-electron chi connectivity index (χ3n) is 6.20. The van der Waals surface area contributed by atoms with E-state index in [1.165, 1.54) is 30.2 Å². The lowest BCUT2D eigenvalue weighted by molar-refractivity contribution is 0.117. The SMILES string of the molecule is COC[C@@H]1CCCN1N=C(CCc1ccccc1)C[Si](C)(C)C(C)(C)C. The van der Waals surface area contributed by atoms with Crippen molar-refractivity contribution in [3.8, 4) is 0 Å². The van der Waals surface area contributed by atoms with Crippen LogP contribution in [0, 0.1) is 0 Å². The molecule has 0 bridgehead atoms. The van der Waals surface area contributed by atoms with Gasteiger partial charge in [0.1, 0.15) is 0 Å². The van der Waals surface area contributed by atoms with E-state index in [0.717, 1.165) is 26.0 Å². The van der Waals surface area contributed by atoms with Crippen molar-refractivity contribution < 1.29 is 4.74 Å². The van der Waals surface area contributed by atoms with Gasteiger partial charge in [0.05, 0.1) is 20.7 Å². The van der Waals surface area contributed by atoms with Crippen molar-refractivity contribution in [2.45, 2.75) is 76.7 Å². The predicted octanol–water partition coefficient (Wildman–Crippen LogP) is 5.59. The Morgan fingerprint density at radius 1 is 1.23 bits per heavy atom. The Morgan fingerprint density at radius 2 is 1.92 bits per heavy atom. The molecular formula is C22H38N2OSi. The monoisotopic (exact) mass is 374 g/mol. The van der Waals surface area contributed by atoms with Crippen LogP contribution in [0.1, 0.15) is 45.6 Å². The molecule has 1 atom stereocenters. The lowest BCUT2D eigenvalue weighted by Crippen LogP contribution is -2.40. The normalized spacial score (nSPS) is 19.2. The van der Waals surface area contributed by atoms with Crippen molar-refractivity contribution in [2.75, 3.05) is 20.3 Å². The van der Waals surface area contributed by atoms with Crippen LogP contribution in [0.2, 0.25) is 24.2 Å². The van der Waals surface area contributed by atoms with Crippen LogP contribution in [0.4, 0.5) is 0 Å². The lowest BCUT2D eigenvalue weighted by Gasteiger charge is -2.37. The van der Waals surface area contributed by atoms with Gasteiger partial charge in [0.25, 0.3) is 0 Å². The summed E-state index contributed by atoms with van der Waals surface area (Å²) in [4.78, 5) is 0. The first kappa shape index (κ1) is 21.2. The Balaban J connectivity index is 2.16. The molecule has 1 aliphatic rings. The number of nitrogens with zero attached hydrogens (tertiary/aromatic N) is 2. The van der Waals surface area contributed by atoms with Crippen LogP contribution < -0.4 is 0 Å². The molecule has 3 nitrogen and oxygen atoms in total. The largest absolute Gasteiger partial charge is 0.382 e. The predicted molar refractivity (Wildman–Crippen MR) is 116 cm³/mol. The third-order valence-corrected chi connectivity index (χ3v) is 11.5. The van der Waals surface area contributed by atoms with Gasteiger partial charge in [-0.1, -0.05) is 64.2 Å². The zero-order valence-corrected chi connectivity index (χ0v) is 18.7. The first-order valence-corrected chi connectivity index (χ1v) is 13.3. The fourth-order valence-corrected chi connectivity index (χ4v) is 5.18. The molecule has 1 aromatic carbocycles. The number of hydrogen-bond acceptors (Lipinski definition) is 3. The second-order valence-electron chi connectivity index (χ2n) is 9.38. The molecule has 1 fully saturated rings. The van der Waals surface area contributed by atoms with E-state index in [1.54, 1.807) is 7.11 Å². The number of benzene rings is 1. The minimum absolute atomic E-state index is 0.386. The topological polar surface area (TPSA) is 24.8 Å². The van der Waals surface area contributed by atoms with Gasteiger partial charge < -0.3 is 4.74 Å². The number of aryl methyl sites for hydroxylation is 1. The highest BCUT2D eigenvalue weighted by atomic mass is 28.3. The van der Waals surface area contributed by atoms with Gasteiger partial charge in [-0.05, 0) is 42.3 Å². The van der Waals surface area contributed by atoms with Crippen LogP contribution in [0.25, 0.3) is 0 Å². The highest BCUT2D eigenvalue weighted by molar-refractivity contribution is 6.82. The first-order chi connectivity index (χ1) is 12.2.